The molecule has 0 saturated carbocycles. The van der Waals surface area contributed by atoms with Crippen molar-refractivity contribution in [3.63, 3.8) is 0 Å². The van der Waals surface area contributed by atoms with E-state index in [1.165, 1.54) is 43.4 Å². The number of nitrogens with zero attached hydrogens (tertiary/aromatic N) is 3. The van der Waals surface area contributed by atoms with Crippen molar-refractivity contribution in [2.45, 2.75) is 30.6 Å². The summed E-state index contributed by atoms with van der Waals surface area (Å²) in [4.78, 5) is 17.1. The van der Waals surface area contributed by atoms with Crippen LogP contribution in [0.25, 0.3) is 0 Å². The Morgan fingerprint density at radius 2 is 1.55 bits per heavy atom. The maximum absolute atomic E-state index is 13.3. The molecule has 2 aliphatic heterocycles. The molecule has 2 aromatic carbocycles. The Morgan fingerprint density at radius 3 is 2.16 bits per heavy atom. The molecular weight excluding hydrogens is 414 g/mol. The highest BCUT2D eigenvalue weighted by atomic mass is 32.2. The van der Waals surface area contributed by atoms with Crippen molar-refractivity contribution in [3.05, 3.63) is 48.0 Å². The van der Waals surface area contributed by atoms with Crippen LogP contribution >= 0.6 is 0 Å². The SMILES string of the molecule is COc1ccc(S(=O)(=O)N(C)c2ccc(N3CCCC3)cc2)cc1C(=O)N1CCCC1. The Morgan fingerprint density at radius 1 is 0.935 bits per heavy atom. The lowest BCUT2D eigenvalue weighted by Crippen LogP contribution is -2.29. The summed E-state index contributed by atoms with van der Waals surface area (Å²) in [6.07, 6.45) is 4.29. The van der Waals surface area contributed by atoms with Crippen LogP contribution in [0.3, 0.4) is 0 Å². The average Bonchev–Trinajstić information content (AvgIpc) is 3.52. The summed E-state index contributed by atoms with van der Waals surface area (Å²) < 4.78 is 33.2. The molecule has 0 radical (unpaired) electrons. The Kier molecular flexibility index (Phi) is 6.09. The predicted molar refractivity (Wildman–Crippen MR) is 122 cm³/mol. The number of rotatable bonds is 6. The maximum atomic E-state index is 13.3. The summed E-state index contributed by atoms with van der Waals surface area (Å²) in [5.41, 5.74) is 1.96. The van der Waals surface area contributed by atoms with E-state index in [2.05, 4.69) is 4.90 Å². The maximum Gasteiger partial charge on any atom is 0.264 e. The number of anilines is 2. The van der Waals surface area contributed by atoms with Gasteiger partial charge in [-0.25, -0.2) is 8.42 Å². The molecule has 8 heteroatoms. The Hall–Kier alpha value is -2.74. The Bertz CT molecular complexity index is 1040. The monoisotopic (exact) mass is 443 g/mol. The number of carbonyl (C=O) groups excluding carboxylic acids is 1. The number of carbonyl (C=O) groups is 1. The summed E-state index contributed by atoms with van der Waals surface area (Å²) in [5.74, 6) is 0.192. The number of benzene rings is 2. The molecular formula is C23H29N3O4S. The van der Waals surface area contributed by atoms with Crippen LogP contribution in [0.15, 0.2) is 47.4 Å². The predicted octanol–water partition coefficient (Wildman–Crippen LogP) is 3.36. The molecule has 166 valence electrons. The van der Waals surface area contributed by atoms with Crippen LogP contribution in [0.4, 0.5) is 11.4 Å². The van der Waals surface area contributed by atoms with Crippen LogP contribution in [0, 0.1) is 0 Å². The second kappa shape index (κ2) is 8.78. The van der Waals surface area contributed by atoms with Gasteiger partial charge in [0.2, 0.25) is 0 Å². The van der Waals surface area contributed by atoms with Crippen LogP contribution in [0.2, 0.25) is 0 Å². The van der Waals surface area contributed by atoms with Crippen molar-refractivity contribution in [2.24, 2.45) is 0 Å². The van der Waals surface area contributed by atoms with Crippen LogP contribution < -0.4 is 13.9 Å². The molecule has 0 aromatic heterocycles. The van der Waals surface area contributed by atoms with Crippen LogP contribution in [0.1, 0.15) is 36.0 Å². The van der Waals surface area contributed by atoms with Gasteiger partial charge in [0.1, 0.15) is 5.75 Å². The second-order valence-electron chi connectivity index (χ2n) is 8.04. The molecule has 2 aromatic rings. The molecule has 2 fully saturated rings. The number of amides is 1. The first-order chi connectivity index (χ1) is 14.9. The zero-order valence-electron chi connectivity index (χ0n) is 18.1. The van der Waals surface area contributed by atoms with E-state index in [0.717, 1.165) is 31.6 Å². The third-order valence-corrected chi connectivity index (χ3v) is 7.92. The molecule has 31 heavy (non-hydrogen) atoms. The highest BCUT2D eigenvalue weighted by molar-refractivity contribution is 7.92. The lowest BCUT2D eigenvalue weighted by Gasteiger charge is -2.23. The van der Waals surface area contributed by atoms with E-state index in [1.54, 1.807) is 11.0 Å². The van der Waals surface area contributed by atoms with Crippen LogP contribution in [0.5, 0.6) is 5.75 Å². The molecule has 2 aliphatic rings. The van der Waals surface area contributed by atoms with Gasteiger partial charge >= 0.3 is 0 Å². The number of hydrogen-bond donors (Lipinski definition) is 0. The normalized spacial score (nSPS) is 16.6. The zero-order valence-corrected chi connectivity index (χ0v) is 18.9. The summed E-state index contributed by atoms with van der Waals surface area (Å²) >= 11 is 0. The lowest BCUT2D eigenvalue weighted by atomic mass is 10.1. The second-order valence-corrected chi connectivity index (χ2v) is 10.0. The molecule has 4 rings (SSSR count). The van der Waals surface area contributed by atoms with Crippen molar-refractivity contribution in [1.82, 2.24) is 4.90 Å². The van der Waals surface area contributed by atoms with Gasteiger partial charge in [-0.1, -0.05) is 0 Å². The fourth-order valence-electron chi connectivity index (χ4n) is 4.25. The first kappa shape index (κ1) is 21.5. The molecule has 1 amide bonds. The van der Waals surface area contributed by atoms with E-state index < -0.39 is 10.0 Å². The number of likely N-dealkylation sites (tertiary alicyclic amines) is 1. The van der Waals surface area contributed by atoms with Crippen LogP contribution in [-0.4, -0.2) is 59.6 Å². The van der Waals surface area contributed by atoms with E-state index in [-0.39, 0.29) is 16.4 Å². The third kappa shape index (κ3) is 4.21. The number of hydrogen-bond acceptors (Lipinski definition) is 5. The first-order valence-corrected chi connectivity index (χ1v) is 12.2. The molecule has 0 unspecified atom stereocenters. The third-order valence-electron chi connectivity index (χ3n) is 6.14. The van der Waals surface area contributed by atoms with Gasteiger partial charge in [0.15, 0.2) is 0 Å². The smallest absolute Gasteiger partial charge is 0.264 e. The standard InChI is InChI=1S/C23H29N3O4S/c1-24(18-7-9-19(10-8-18)25-13-3-4-14-25)31(28,29)20-11-12-22(30-2)21(17-20)23(27)26-15-5-6-16-26/h7-12,17H,3-6,13-16H2,1-2H3. The number of ether oxygens (including phenoxy) is 1. The van der Waals surface area contributed by atoms with Gasteiger partial charge in [0, 0.05) is 38.9 Å². The van der Waals surface area contributed by atoms with Gasteiger partial charge in [-0.15, -0.1) is 0 Å². The topological polar surface area (TPSA) is 70.2 Å². The summed E-state index contributed by atoms with van der Waals surface area (Å²) in [7, 11) is -0.816. The van der Waals surface area contributed by atoms with Gasteiger partial charge < -0.3 is 14.5 Å². The fraction of sp³-hybridized carbons (Fsp3) is 0.435. The van der Waals surface area contributed by atoms with Crippen LogP contribution in [-0.2, 0) is 10.0 Å². The molecule has 0 atom stereocenters. The van der Waals surface area contributed by atoms with Crippen molar-refractivity contribution in [2.75, 3.05) is 49.5 Å². The van der Waals surface area contributed by atoms with E-state index >= 15 is 0 Å². The van der Waals surface area contributed by atoms with Gasteiger partial charge in [-0.3, -0.25) is 9.10 Å². The number of methoxy groups -OCH3 is 1. The first-order valence-electron chi connectivity index (χ1n) is 10.7. The summed E-state index contributed by atoms with van der Waals surface area (Å²) in [6, 6.07) is 12.1. The van der Waals surface area contributed by atoms with E-state index in [0.29, 0.717) is 24.5 Å². The van der Waals surface area contributed by atoms with Crippen molar-refractivity contribution < 1.29 is 17.9 Å². The number of sulfonamides is 1. The highest BCUT2D eigenvalue weighted by Crippen LogP contribution is 2.30. The lowest BCUT2D eigenvalue weighted by molar-refractivity contribution is 0.0789. The highest BCUT2D eigenvalue weighted by Gasteiger charge is 2.27. The minimum Gasteiger partial charge on any atom is -0.496 e. The molecule has 7 nitrogen and oxygen atoms in total. The van der Waals surface area contributed by atoms with Crippen molar-refractivity contribution in [1.29, 1.82) is 0 Å². The fourth-order valence-corrected chi connectivity index (χ4v) is 5.47. The summed E-state index contributed by atoms with van der Waals surface area (Å²) in [6.45, 7) is 3.44. The van der Waals surface area contributed by atoms with Gasteiger partial charge in [0.25, 0.3) is 15.9 Å². The molecule has 0 bridgehead atoms. The van der Waals surface area contributed by atoms with E-state index in [9.17, 15) is 13.2 Å². The zero-order chi connectivity index (χ0) is 22.0. The van der Waals surface area contributed by atoms with E-state index in [1.807, 2.05) is 24.3 Å². The Labute approximate surface area is 184 Å². The molecule has 2 saturated heterocycles. The average molecular weight is 444 g/mol. The molecule has 2 heterocycles. The summed E-state index contributed by atoms with van der Waals surface area (Å²) in [5, 5.41) is 0. The quantitative estimate of drug-likeness (QED) is 0.685. The molecule has 0 aliphatic carbocycles. The minimum atomic E-state index is -3.83. The van der Waals surface area contributed by atoms with Gasteiger partial charge in [-0.2, -0.15) is 0 Å². The van der Waals surface area contributed by atoms with Gasteiger partial charge in [-0.05, 0) is 68.1 Å². The van der Waals surface area contributed by atoms with Crippen molar-refractivity contribution >= 4 is 27.3 Å². The molecule has 0 spiro atoms. The Balaban J connectivity index is 1.61. The minimum absolute atomic E-state index is 0.0713. The van der Waals surface area contributed by atoms with Crippen molar-refractivity contribution in [3.8, 4) is 5.75 Å². The largest absolute Gasteiger partial charge is 0.496 e. The van der Waals surface area contributed by atoms with E-state index in [4.69, 9.17) is 4.74 Å². The van der Waals surface area contributed by atoms with Gasteiger partial charge in [0.05, 0.1) is 23.3 Å². The molecule has 0 N–H and O–H groups in total.